The third-order valence-electron chi connectivity index (χ3n) is 6.31. The van der Waals surface area contributed by atoms with Crippen molar-refractivity contribution in [3.8, 4) is 0 Å². The molecule has 1 fully saturated rings. The number of hydrogen-bond donors (Lipinski definition) is 1. The Hall–Kier alpha value is -1.63. The summed E-state index contributed by atoms with van der Waals surface area (Å²) in [5.41, 5.74) is 2.98. The van der Waals surface area contributed by atoms with Gasteiger partial charge in [-0.05, 0) is 44.7 Å². The Balaban J connectivity index is 1.56. The Labute approximate surface area is 182 Å². The molecule has 0 amide bonds. The summed E-state index contributed by atoms with van der Waals surface area (Å²) in [6, 6.07) is 8.84. The van der Waals surface area contributed by atoms with E-state index >= 15 is 0 Å². The SMILES string of the molecule is CCNC(=NCC(C)(C)N1CCc2ccccc2C1)N1CCC(COCCOC)C1. The fraction of sp³-hybridized carbons (Fsp3) is 0.708. The van der Waals surface area contributed by atoms with Crippen LogP contribution in [0.4, 0.5) is 0 Å². The fourth-order valence-corrected chi connectivity index (χ4v) is 4.36. The van der Waals surface area contributed by atoms with Crippen LogP contribution in [0.15, 0.2) is 29.3 Å². The highest BCUT2D eigenvalue weighted by atomic mass is 16.5. The van der Waals surface area contributed by atoms with Gasteiger partial charge in [0.15, 0.2) is 5.96 Å². The lowest BCUT2D eigenvalue weighted by atomic mass is 9.94. The number of likely N-dealkylation sites (tertiary alicyclic amines) is 1. The zero-order chi connectivity index (χ0) is 21.4. The van der Waals surface area contributed by atoms with E-state index < -0.39 is 0 Å². The van der Waals surface area contributed by atoms with Crippen molar-refractivity contribution in [3.05, 3.63) is 35.4 Å². The number of nitrogens with zero attached hydrogens (tertiary/aromatic N) is 3. The number of ether oxygens (including phenoxy) is 2. The van der Waals surface area contributed by atoms with Gasteiger partial charge in [0.25, 0.3) is 0 Å². The van der Waals surface area contributed by atoms with Crippen molar-refractivity contribution >= 4 is 5.96 Å². The number of rotatable bonds is 9. The van der Waals surface area contributed by atoms with Crippen LogP contribution in [0.25, 0.3) is 0 Å². The van der Waals surface area contributed by atoms with Crippen molar-refractivity contribution in [2.45, 2.75) is 45.7 Å². The summed E-state index contributed by atoms with van der Waals surface area (Å²) < 4.78 is 10.8. The molecule has 0 saturated carbocycles. The highest BCUT2D eigenvalue weighted by Gasteiger charge is 2.31. The van der Waals surface area contributed by atoms with E-state index in [1.165, 1.54) is 11.1 Å². The lowest BCUT2D eigenvalue weighted by molar-refractivity contribution is 0.0536. The van der Waals surface area contributed by atoms with Crippen LogP contribution in [0.1, 0.15) is 38.3 Å². The first-order valence-corrected chi connectivity index (χ1v) is 11.4. The molecule has 2 heterocycles. The molecule has 1 N–H and O–H groups in total. The van der Waals surface area contributed by atoms with E-state index in [-0.39, 0.29) is 5.54 Å². The predicted molar refractivity (Wildman–Crippen MR) is 123 cm³/mol. The van der Waals surface area contributed by atoms with Crippen molar-refractivity contribution in [1.29, 1.82) is 0 Å². The molecule has 1 aromatic carbocycles. The number of aliphatic imine (C=N–C) groups is 1. The minimum atomic E-state index is 0.0244. The monoisotopic (exact) mass is 416 g/mol. The largest absolute Gasteiger partial charge is 0.382 e. The van der Waals surface area contributed by atoms with E-state index in [9.17, 15) is 0 Å². The minimum Gasteiger partial charge on any atom is -0.382 e. The van der Waals surface area contributed by atoms with Gasteiger partial charge >= 0.3 is 0 Å². The molecule has 1 atom stereocenters. The first-order chi connectivity index (χ1) is 14.5. The number of benzene rings is 1. The van der Waals surface area contributed by atoms with Crippen LogP contribution in [0.5, 0.6) is 0 Å². The average Bonchev–Trinajstić information content (AvgIpc) is 3.22. The average molecular weight is 417 g/mol. The van der Waals surface area contributed by atoms with Crippen molar-refractivity contribution in [1.82, 2.24) is 15.1 Å². The van der Waals surface area contributed by atoms with Crippen molar-refractivity contribution in [2.24, 2.45) is 10.9 Å². The summed E-state index contributed by atoms with van der Waals surface area (Å²) in [5, 5.41) is 3.51. The number of nitrogens with one attached hydrogen (secondary N) is 1. The molecule has 0 aliphatic carbocycles. The first kappa shape index (κ1) is 23.0. The molecule has 0 bridgehead atoms. The molecule has 3 rings (SSSR count). The van der Waals surface area contributed by atoms with Gasteiger partial charge in [-0.25, -0.2) is 0 Å². The molecular formula is C24H40N4O2. The molecule has 0 aromatic heterocycles. The number of hydrogen-bond acceptors (Lipinski definition) is 4. The highest BCUT2D eigenvalue weighted by molar-refractivity contribution is 5.80. The summed E-state index contributed by atoms with van der Waals surface area (Å²) in [6.07, 6.45) is 2.28. The zero-order valence-corrected chi connectivity index (χ0v) is 19.3. The Bertz CT molecular complexity index is 692. The van der Waals surface area contributed by atoms with E-state index in [1.807, 2.05) is 0 Å². The second-order valence-corrected chi connectivity index (χ2v) is 9.09. The maximum absolute atomic E-state index is 5.75. The Kier molecular flexibility index (Phi) is 8.54. The standard InChI is InChI=1S/C24H40N4O2/c1-5-25-23(27-12-10-20(16-27)18-30-15-14-29-4)26-19-24(2,3)28-13-11-21-8-6-7-9-22(21)17-28/h6-9,20H,5,10-19H2,1-4H3,(H,25,26). The van der Waals surface area contributed by atoms with E-state index in [2.05, 4.69) is 60.2 Å². The Morgan fingerprint density at radius 3 is 2.77 bits per heavy atom. The molecule has 0 radical (unpaired) electrons. The summed E-state index contributed by atoms with van der Waals surface area (Å²) in [5.74, 6) is 1.61. The predicted octanol–water partition coefficient (Wildman–Crippen LogP) is 2.77. The third-order valence-corrected chi connectivity index (χ3v) is 6.31. The van der Waals surface area contributed by atoms with Crippen molar-refractivity contribution in [3.63, 3.8) is 0 Å². The first-order valence-electron chi connectivity index (χ1n) is 11.4. The van der Waals surface area contributed by atoms with E-state index in [4.69, 9.17) is 14.5 Å². The van der Waals surface area contributed by atoms with Gasteiger partial charge in [0, 0.05) is 51.3 Å². The second-order valence-electron chi connectivity index (χ2n) is 9.09. The number of guanidine groups is 1. The molecule has 0 spiro atoms. The highest BCUT2D eigenvalue weighted by Crippen LogP contribution is 2.26. The summed E-state index contributed by atoms with van der Waals surface area (Å²) in [4.78, 5) is 10.1. The van der Waals surface area contributed by atoms with E-state index in [0.717, 1.165) is 64.7 Å². The van der Waals surface area contributed by atoms with Gasteiger partial charge in [0.05, 0.1) is 26.4 Å². The van der Waals surface area contributed by atoms with Crippen LogP contribution in [0.2, 0.25) is 0 Å². The summed E-state index contributed by atoms with van der Waals surface area (Å²) in [7, 11) is 1.71. The topological polar surface area (TPSA) is 49.3 Å². The van der Waals surface area contributed by atoms with E-state index in [1.54, 1.807) is 7.11 Å². The van der Waals surface area contributed by atoms with Crippen molar-refractivity contribution in [2.75, 3.05) is 59.7 Å². The molecule has 1 aromatic rings. The van der Waals surface area contributed by atoms with Crippen molar-refractivity contribution < 1.29 is 9.47 Å². The van der Waals surface area contributed by atoms with Gasteiger partial charge in [-0.3, -0.25) is 9.89 Å². The fourth-order valence-electron chi connectivity index (χ4n) is 4.36. The van der Waals surface area contributed by atoms with Crippen LogP contribution in [0, 0.1) is 5.92 Å². The Morgan fingerprint density at radius 1 is 1.20 bits per heavy atom. The maximum atomic E-state index is 5.75. The molecule has 1 unspecified atom stereocenters. The molecule has 30 heavy (non-hydrogen) atoms. The molecular weight excluding hydrogens is 376 g/mol. The maximum Gasteiger partial charge on any atom is 0.193 e. The van der Waals surface area contributed by atoms with Gasteiger partial charge in [-0.1, -0.05) is 24.3 Å². The van der Waals surface area contributed by atoms with Gasteiger partial charge in [-0.15, -0.1) is 0 Å². The van der Waals surface area contributed by atoms with Gasteiger partial charge in [0.1, 0.15) is 0 Å². The second kappa shape index (κ2) is 11.1. The van der Waals surface area contributed by atoms with E-state index in [0.29, 0.717) is 19.1 Å². The smallest absolute Gasteiger partial charge is 0.193 e. The summed E-state index contributed by atoms with van der Waals surface area (Å²) >= 11 is 0. The normalized spacial score (nSPS) is 20.5. The number of methoxy groups -OCH3 is 1. The number of fused-ring (bicyclic) bond motifs is 1. The van der Waals surface area contributed by atoms with Crippen LogP contribution in [-0.4, -0.2) is 81.0 Å². The van der Waals surface area contributed by atoms with Crippen LogP contribution < -0.4 is 5.32 Å². The lowest BCUT2D eigenvalue weighted by Gasteiger charge is -2.41. The summed E-state index contributed by atoms with van der Waals surface area (Å²) in [6.45, 7) is 14.8. The Morgan fingerprint density at radius 2 is 2.00 bits per heavy atom. The van der Waals surface area contributed by atoms with Gasteiger partial charge < -0.3 is 19.7 Å². The molecule has 168 valence electrons. The molecule has 2 aliphatic heterocycles. The van der Waals surface area contributed by atoms with Crippen LogP contribution in [0.3, 0.4) is 0 Å². The van der Waals surface area contributed by atoms with Gasteiger partial charge in [-0.2, -0.15) is 0 Å². The molecule has 2 aliphatic rings. The molecule has 1 saturated heterocycles. The molecule has 6 nitrogen and oxygen atoms in total. The lowest BCUT2D eigenvalue weighted by Crippen LogP contribution is -2.49. The molecule has 6 heteroatoms. The van der Waals surface area contributed by atoms with Crippen LogP contribution >= 0.6 is 0 Å². The van der Waals surface area contributed by atoms with Gasteiger partial charge in [0.2, 0.25) is 0 Å². The zero-order valence-electron chi connectivity index (χ0n) is 19.3. The third kappa shape index (κ3) is 6.19. The minimum absolute atomic E-state index is 0.0244. The quantitative estimate of drug-likeness (QED) is 0.381. The van der Waals surface area contributed by atoms with Crippen LogP contribution in [-0.2, 0) is 22.4 Å².